The van der Waals surface area contributed by atoms with Gasteiger partial charge in [-0.2, -0.15) is 0 Å². The summed E-state index contributed by atoms with van der Waals surface area (Å²) < 4.78 is 0. The number of carbonyl (C=O) groups excluding carboxylic acids is 2. The third-order valence-corrected chi connectivity index (χ3v) is 4.43. The van der Waals surface area contributed by atoms with Crippen LogP contribution in [-0.4, -0.2) is 56.3 Å². The summed E-state index contributed by atoms with van der Waals surface area (Å²) in [6.07, 6.45) is 1.07. The van der Waals surface area contributed by atoms with Gasteiger partial charge in [-0.1, -0.05) is 0 Å². The van der Waals surface area contributed by atoms with Crippen molar-refractivity contribution in [3.8, 4) is 23.0 Å². The molecule has 27 heavy (non-hydrogen) atoms. The number of aromatic hydroxyl groups is 4. The Kier molecular flexibility index (Phi) is 5.07. The molecule has 2 aromatic carbocycles. The van der Waals surface area contributed by atoms with Crippen molar-refractivity contribution in [3.05, 3.63) is 47.5 Å². The van der Waals surface area contributed by atoms with Gasteiger partial charge in [0.2, 0.25) is 0 Å². The standard InChI is InChI=1S/C19H20N2O6/c22-14-5-11(6-15(23)9-14)18(26)20-13-1-3-21(4-2-13)19(27)12-7-16(24)10-17(25)8-12/h5-10,13,22-25H,1-4H2,(H,20,26). The molecule has 5 N–H and O–H groups in total. The van der Waals surface area contributed by atoms with Gasteiger partial charge in [-0.05, 0) is 37.1 Å². The molecule has 0 aromatic heterocycles. The van der Waals surface area contributed by atoms with Crippen LogP contribution < -0.4 is 5.32 Å². The Labute approximate surface area is 155 Å². The molecule has 0 saturated carbocycles. The van der Waals surface area contributed by atoms with Crippen molar-refractivity contribution in [3.63, 3.8) is 0 Å². The number of phenolic OH excluding ortho intramolecular Hbond substituents is 4. The summed E-state index contributed by atoms with van der Waals surface area (Å²) >= 11 is 0. The number of benzene rings is 2. The first kappa shape index (κ1) is 18.4. The van der Waals surface area contributed by atoms with Crippen molar-refractivity contribution in [2.75, 3.05) is 13.1 Å². The Balaban J connectivity index is 1.58. The van der Waals surface area contributed by atoms with E-state index in [9.17, 15) is 30.0 Å². The Hall–Kier alpha value is -3.42. The quantitative estimate of drug-likeness (QED) is 0.556. The van der Waals surface area contributed by atoms with Crippen LogP contribution in [0.1, 0.15) is 33.6 Å². The van der Waals surface area contributed by atoms with E-state index in [-0.39, 0.29) is 46.1 Å². The van der Waals surface area contributed by atoms with E-state index in [0.29, 0.717) is 25.9 Å². The second kappa shape index (κ2) is 7.45. The summed E-state index contributed by atoms with van der Waals surface area (Å²) in [6.45, 7) is 0.816. The molecule has 1 aliphatic heterocycles. The Morgan fingerprint density at radius 3 is 1.70 bits per heavy atom. The molecular formula is C19H20N2O6. The number of likely N-dealkylation sites (tertiary alicyclic amines) is 1. The maximum Gasteiger partial charge on any atom is 0.254 e. The lowest BCUT2D eigenvalue weighted by molar-refractivity contribution is 0.0697. The molecule has 8 nitrogen and oxygen atoms in total. The average molecular weight is 372 g/mol. The van der Waals surface area contributed by atoms with Gasteiger partial charge in [-0.25, -0.2) is 0 Å². The van der Waals surface area contributed by atoms with Gasteiger partial charge in [-0.15, -0.1) is 0 Å². The van der Waals surface area contributed by atoms with Crippen LogP contribution in [0.5, 0.6) is 23.0 Å². The fourth-order valence-electron chi connectivity index (χ4n) is 3.12. The van der Waals surface area contributed by atoms with E-state index in [4.69, 9.17) is 0 Å². The highest BCUT2D eigenvalue weighted by atomic mass is 16.3. The molecule has 1 saturated heterocycles. The number of hydrogen-bond acceptors (Lipinski definition) is 6. The highest BCUT2D eigenvalue weighted by molar-refractivity contribution is 5.96. The lowest BCUT2D eigenvalue weighted by Gasteiger charge is -2.32. The number of amides is 2. The summed E-state index contributed by atoms with van der Waals surface area (Å²) in [7, 11) is 0. The van der Waals surface area contributed by atoms with Gasteiger partial charge >= 0.3 is 0 Å². The van der Waals surface area contributed by atoms with Gasteiger partial charge in [0.1, 0.15) is 23.0 Å². The zero-order valence-corrected chi connectivity index (χ0v) is 14.4. The van der Waals surface area contributed by atoms with Crippen molar-refractivity contribution in [1.82, 2.24) is 10.2 Å². The highest BCUT2D eigenvalue weighted by Crippen LogP contribution is 2.23. The van der Waals surface area contributed by atoms with Gasteiger partial charge in [0.05, 0.1) is 0 Å². The largest absolute Gasteiger partial charge is 0.508 e. The number of piperidine rings is 1. The first-order valence-electron chi connectivity index (χ1n) is 8.48. The van der Waals surface area contributed by atoms with E-state index in [1.807, 2.05) is 0 Å². The smallest absolute Gasteiger partial charge is 0.254 e. The first-order valence-corrected chi connectivity index (χ1v) is 8.48. The van der Waals surface area contributed by atoms with Crippen LogP contribution in [0.25, 0.3) is 0 Å². The Morgan fingerprint density at radius 1 is 0.778 bits per heavy atom. The minimum atomic E-state index is -0.413. The lowest BCUT2D eigenvalue weighted by Crippen LogP contribution is -2.46. The molecule has 1 aliphatic rings. The maximum absolute atomic E-state index is 12.5. The van der Waals surface area contributed by atoms with Crippen molar-refractivity contribution in [2.45, 2.75) is 18.9 Å². The molecule has 0 spiro atoms. The first-order chi connectivity index (χ1) is 12.8. The molecule has 142 valence electrons. The molecule has 1 fully saturated rings. The zero-order valence-electron chi connectivity index (χ0n) is 14.4. The second-order valence-corrected chi connectivity index (χ2v) is 6.52. The number of nitrogens with zero attached hydrogens (tertiary/aromatic N) is 1. The van der Waals surface area contributed by atoms with Crippen LogP contribution in [0, 0.1) is 0 Å². The van der Waals surface area contributed by atoms with E-state index in [1.54, 1.807) is 4.90 Å². The molecule has 0 radical (unpaired) electrons. The van der Waals surface area contributed by atoms with E-state index >= 15 is 0 Å². The molecule has 1 heterocycles. The molecule has 8 heteroatoms. The number of nitrogens with one attached hydrogen (secondary N) is 1. The van der Waals surface area contributed by atoms with Crippen molar-refractivity contribution < 1.29 is 30.0 Å². The Bertz CT molecular complexity index is 834. The van der Waals surface area contributed by atoms with Crippen LogP contribution in [0.4, 0.5) is 0 Å². The summed E-state index contributed by atoms with van der Waals surface area (Å²) in [5, 5.41) is 40.8. The van der Waals surface area contributed by atoms with Crippen LogP contribution in [-0.2, 0) is 0 Å². The van der Waals surface area contributed by atoms with Crippen LogP contribution in [0.15, 0.2) is 36.4 Å². The third-order valence-electron chi connectivity index (χ3n) is 4.43. The monoisotopic (exact) mass is 372 g/mol. The fourth-order valence-corrected chi connectivity index (χ4v) is 3.12. The lowest BCUT2D eigenvalue weighted by atomic mass is 10.0. The van der Waals surface area contributed by atoms with Gasteiger partial charge in [0.15, 0.2) is 0 Å². The molecule has 2 aromatic rings. The van der Waals surface area contributed by atoms with Gasteiger partial charge in [0.25, 0.3) is 11.8 Å². The molecular weight excluding hydrogens is 352 g/mol. The summed E-state index contributed by atoms with van der Waals surface area (Å²) in [6, 6.07) is 7.26. The molecule has 0 bridgehead atoms. The minimum absolute atomic E-state index is 0.149. The van der Waals surface area contributed by atoms with Gasteiger partial charge in [0, 0.05) is 42.4 Å². The predicted molar refractivity (Wildman–Crippen MR) is 95.9 cm³/mol. The predicted octanol–water partition coefficient (Wildman–Crippen LogP) is 1.54. The van der Waals surface area contributed by atoms with Crippen molar-refractivity contribution >= 4 is 11.8 Å². The minimum Gasteiger partial charge on any atom is -0.508 e. The zero-order chi connectivity index (χ0) is 19.6. The normalized spacial score (nSPS) is 14.7. The molecule has 3 rings (SSSR count). The van der Waals surface area contributed by atoms with E-state index in [0.717, 1.165) is 12.1 Å². The summed E-state index contributed by atoms with van der Waals surface area (Å²) in [4.78, 5) is 26.3. The number of phenols is 4. The molecule has 0 aliphatic carbocycles. The average Bonchev–Trinajstić information content (AvgIpc) is 2.60. The van der Waals surface area contributed by atoms with Crippen LogP contribution in [0.3, 0.4) is 0 Å². The number of carbonyl (C=O) groups is 2. The fraction of sp³-hybridized carbons (Fsp3) is 0.263. The maximum atomic E-state index is 12.5. The Morgan fingerprint density at radius 2 is 1.22 bits per heavy atom. The summed E-state index contributed by atoms with van der Waals surface area (Å²) in [5.41, 5.74) is 0.353. The van der Waals surface area contributed by atoms with Gasteiger partial charge < -0.3 is 30.6 Å². The highest BCUT2D eigenvalue weighted by Gasteiger charge is 2.25. The topological polar surface area (TPSA) is 130 Å². The SMILES string of the molecule is O=C(NC1CCN(C(=O)c2cc(O)cc(O)c2)CC1)c1cc(O)cc(O)c1. The van der Waals surface area contributed by atoms with E-state index in [2.05, 4.69) is 5.32 Å². The second-order valence-electron chi connectivity index (χ2n) is 6.52. The van der Waals surface area contributed by atoms with Crippen molar-refractivity contribution in [2.24, 2.45) is 0 Å². The molecule has 0 atom stereocenters. The molecule has 2 amide bonds. The number of hydrogen-bond donors (Lipinski definition) is 5. The van der Waals surface area contributed by atoms with Gasteiger partial charge in [-0.3, -0.25) is 9.59 Å². The van der Waals surface area contributed by atoms with E-state index in [1.165, 1.54) is 24.3 Å². The van der Waals surface area contributed by atoms with Crippen LogP contribution in [0.2, 0.25) is 0 Å². The third kappa shape index (κ3) is 4.41. The molecule has 0 unspecified atom stereocenters. The van der Waals surface area contributed by atoms with Crippen LogP contribution >= 0.6 is 0 Å². The van der Waals surface area contributed by atoms with E-state index < -0.39 is 5.91 Å². The summed E-state index contributed by atoms with van der Waals surface area (Å²) in [5.74, 6) is -1.48. The van der Waals surface area contributed by atoms with Crippen molar-refractivity contribution in [1.29, 1.82) is 0 Å². The number of rotatable bonds is 3.